The predicted molar refractivity (Wildman–Crippen MR) is 80.9 cm³/mol. The molecular formula is C16H19FN2O3. The van der Waals surface area contributed by atoms with Gasteiger partial charge in [0.25, 0.3) is 0 Å². The summed E-state index contributed by atoms with van der Waals surface area (Å²) >= 11 is 0. The van der Waals surface area contributed by atoms with E-state index < -0.39 is 17.9 Å². The number of benzene rings is 1. The van der Waals surface area contributed by atoms with Crippen molar-refractivity contribution >= 4 is 22.8 Å². The molecule has 0 aliphatic heterocycles. The van der Waals surface area contributed by atoms with E-state index >= 15 is 0 Å². The third-order valence-corrected chi connectivity index (χ3v) is 3.85. The summed E-state index contributed by atoms with van der Waals surface area (Å²) in [6, 6.07) is 5.21. The van der Waals surface area contributed by atoms with Crippen LogP contribution in [0.2, 0.25) is 0 Å². The fraction of sp³-hybridized carbons (Fsp3) is 0.375. The first-order valence-electron chi connectivity index (χ1n) is 7.19. The summed E-state index contributed by atoms with van der Waals surface area (Å²) in [5.74, 6) is -2.00. The van der Waals surface area contributed by atoms with Gasteiger partial charge < -0.3 is 15.0 Å². The van der Waals surface area contributed by atoms with Gasteiger partial charge >= 0.3 is 5.97 Å². The Morgan fingerprint density at radius 2 is 2.09 bits per heavy atom. The minimum absolute atomic E-state index is 0.0484. The molecular weight excluding hydrogens is 287 g/mol. The number of fused-ring (bicyclic) bond motifs is 1. The predicted octanol–water partition coefficient (Wildman–Crippen LogP) is 2.40. The van der Waals surface area contributed by atoms with Gasteiger partial charge in [-0.15, -0.1) is 0 Å². The van der Waals surface area contributed by atoms with Crippen molar-refractivity contribution in [3.05, 3.63) is 36.3 Å². The first-order valence-corrected chi connectivity index (χ1v) is 7.19. The van der Waals surface area contributed by atoms with E-state index in [9.17, 15) is 19.1 Å². The van der Waals surface area contributed by atoms with Crippen LogP contribution in [0.15, 0.2) is 30.5 Å². The van der Waals surface area contributed by atoms with Crippen LogP contribution in [-0.4, -0.2) is 27.6 Å². The number of amides is 1. The Morgan fingerprint density at radius 3 is 2.73 bits per heavy atom. The van der Waals surface area contributed by atoms with Crippen LogP contribution in [0.1, 0.15) is 20.3 Å². The van der Waals surface area contributed by atoms with E-state index in [2.05, 4.69) is 5.32 Å². The number of carbonyl (C=O) groups is 2. The van der Waals surface area contributed by atoms with Crippen LogP contribution in [-0.2, 0) is 16.1 Å². The monoisotopic (exact) mass is 306 g/mol. The lowest BCUT2D eigenvalue weighted by atomic mass is 9.99. The maximum absolute atomic E-state index is 13.3. The van der Waals surface area contributed by atoms with Crippen LogP contribution in [0.5, 0.6) is 0 Å². The normalized spacial score (nSPS) is 13.8. The SMILES string of the molecule is CC[C@@H](C)[C@H](NC(=O)Cn1ccc2ccc(F)cc21)C(=O)O. The average Bonchev–Trinajstić information content (AvgIpc) is 2.86. The maximum atomic E-state index is 13.3. The van der Waals surface area contributed by atoms with Gasteiger partial charge in [-0.05, 0) is 35.6 Å². The number of carbonyl (C=O) groups excluding carboxylic acids is 1. The number of aromatic nitrogens is 1. The number of carboxylic acid groups (broad SMARTS) is 1. The third kappa shape index (κ3) is 3.44. The summed E-state index contributed by atoms with van der Waals surface area (Å²) in [4.78, 5) is 23.3. The number of nitrogens with zero attached hydrogens (tertiary/aromatic N) is 1. The first kappa shape index (κ1) is 16.0. The van der Waals surface area contributed by atoms with E-state index in [1.807, 2.05) is 6.92 Å². The lowest BCUT2D eigenvalue weighted by Gasteiger charge is -2.20. The highest BCUT2D eigenvalue weighted by molar-refractivity contribution is 5.86. The molecule has 1 heterocycles. The lowest BCUT2D eigenvalue weighted by molar-refractivity contribution is -0.143. The molecule has 0 bridgehead atoms. The highest BCUT2D eigenvalue weighted by Gasteiger charge is 2.25. The van der Waals surface area contributed by atoms with E-state index in [1.165, 1.54) is 12.1 Å². The van der Waals surface area contributed by atoms with Crippen LogP contribution >= 0.6 is 0 Å². The van der Waals surface area contributed by atoms with E-state index in [4.69, 9.17) is 0 Å². The summed E-state index contributed by atoms with van der Waals surface area (Å²) in [7, 11) is 0. The van der Waals surface area contributed by atoms with Crippen molar-refractivity contribution < 1.29 is 19.1 Å². The van der Waals surface area contributed by atoms with E-state index in [0.717, 1.165) is 5.39 Å². The molecule has 118 valence electrons. The van der Waals surface area contributed by atoms with E-state index in [1.54, 1.807) is 29.8 Å². The van der Waals surface area contributed by atoms with Crippen LogP contribution < -0.4 is 5.32 Å². The Labute approximate surface area is 127 Å². The summed E-state index contributed by atoms with van der Waals surface area (Å²) in [5.41, 5.74) is 0.602. The number of halogens is 1. The van der Waals surface area contributed by atoms with Gasteiger partial charge in [0.15, 0.2) is 0 Å². The fourth-order valence-corrected chi connectivity index (χ4v) is 2.35. The van der Waals surface area contributed by atoms with Crippen molar-refractivity contribution in [3.63, 3.8) is 0 Å². The molecule has 1 aromatic carbocycles. The molecule has 0 saturated heterocycles. The molecule has 6 heteroatoms. The number of nitrogens with one attached hydrogen (secondary N) is 1. The van der Waals surface area contributed by atoms with Gasteiger partial charge in [-0.2, -0.15) is 0 Å². The van der Waals surface area contributed by atoms with E-state index in [-0.39, 0.29) is 18.3 Å². The number of hydrogen-bond donors (Lipinski definition) is 2. The molecule has 22 heavy (non-hydrogen) atoms. The Morgan fingerprint density at radius 1 is 1.36 bits per heavy atom. The molecule has 2 rings (SSSR count). The molecule has 1 aromatic heterocycles. The molecule has 2 atom stereocenters. The van der Waals surface area contributed by atoms with Crippen LogP contribution in [0.3, 0.4) is 0 Å². The zero-order valence-corrected chi connectivity index (χ0v) is 12.5. The summed E-state index contributed by atoms with van der Waals surface area (Å²) < 4.78 is 14.9. The van der Waals surface area contributed by atoms with Crippen molar-refractivity contribution in [1.29, 1.82) is 0 Å². The molecule has 0 aliphatic carbocycles. The second-order valence-electron chi connectivity index (χ2n) is 5.42. The van der Waals surface area contributed by atoms with Crippen LogP contribution in [0.25, 0.3) is 10.9 Å². The van der Waals surface area contributed by atoms with Gasteiger partial charge in [0.05, 0.1) is 5.52 Å². The van der Waals surface area contributed by atoms with Gasteiger partial charge in [-0.3, -0.25) is 4.79 Å². The number of hydrogen-bond acceptors (Lipinski definition) is 2. The number of carboxylic acids is 1. The molecule has 1 amide bonds. The van der Waals surface area contributed by atoms with E-state index in [0.29, 0.717) is 11.9 Å². The molecule has 2 aromatic rings. The molecule has 0 aliphatic rings. The number of aliphatic carboxylic acids is 1. The zero-order chi connectivity index (χ0) is 16.3. The Kier molecular flexibility index (Phi) is 4.80. The summed E-state index contributed by atoms with van der Waals surface area (Å²) in [6.07, 6.45) is 2.33. The fourth-order valence-electron chi connectivity index (χ4n) is 2.35. The minimum atomic E-state index is -1.05. The molecule has 0 radical (unpaired) electrons. The lowest BCUT2D eigenvalue weighted by Crippen LogP contribution is -2.46. The van der Waals surface area contributed by atoms with Gasteiger partial charge in [0.1, 0.15) is 18.4 Å². The smallest absolute Gasteiger partial charge is 0.326 e. The molecule has 0 spiro atoms. The van der Waals surface area contributed by atoms with Gasteiger partial charge in [-0.1, -0.05) is 20.3 Å². The van der Waals surface area contributed by atoms with Crippen molar-refractivity contribution in [2.75, 3.05) is 0 Å². The van der Waals surface area contributed by atoms with Crippen molar-refractivity contribution in [3.8, 4) is 0 Å². The van der Waals surface area contributed by atoms with Crippen LogP contribution in [0, 0.1) is 11.7 Å². The van der Waals surface area contributed by atoms with Gasteiger partial charge in [-0.25, -0.2) is 9.18 Å². The highest BCUT2D eigenvalue weighted by Crippen LogP contribution is 2.17. The highest BCUT2D eigenvalue weighted by atomic mass is 19.1. The molecule has 5 nitrogen and oxygen atoms in total. The zero-order valence-electron chi connectivity index (χ0n) is 12.5. The van der Waals surface area contributed by atoms with Gasteiger partial charge in [0.2, 0.25) is 5.91 Å². The first-order chi connectivity index (χ1) is 10.4. The Balaban J connectivity index is 2.13. The molecule has 2 N–H and O–H groups in total. The Hall–Kier alpha value is -2.37. The second kappa shape index (κ2) is 6.60. The largest absolute Gasteiger partial charge is 0.480 e. The third-order valence-electron chi connectivity index (χ3n) is 3.85. The standard InChI is InChI=1S/C16H19FN2O3/c1-3-10(2)15(16(21)22)18-14(20)9-19-7-6-11-4-5-12(17)8-13(11)19/h4-8,10,15H,3,9H2,1-2H3,(H,18,20)(H,21,22)/t10-,15+/m1/s1. The topological polar surface area (TPSA) is 71.3 Å². The van der Waals surface area contributed by atoms with Gasteiger partial charge in [0, 0.05) is 6.20 Å². The van der Waals surface area contributed by atoms with Crippen molar-refractivity contribution in [2.24, 2.45) is 5.92 Å². The maximum Gasteiger partial charge on any atom is 0.326 e. The molecule has 0 saturated carbocycles. The average molecular weight is 306 g/mol. The molecule has 0 unspecified atom stereocenters. The summed E-state index contributed by atoms with van der Waals surface area (Å²) in [6.45, 7) is 3.60. The van der Waals surface area contributed by atoms with Crippen LogP contribution in [0.4, 0.5) is 4.39 Å². The van der Waals surface area contributed by atoms with Crippen molar-refractivity contribution in [2.45, 2.75) is 32.9 Å². The second-order valence-corrected chi connectivity index (χ2v) is 5.42. The summed E-state index contributed by atoms with van der Waals surface area (Å²) in [5, 5.41) is 12.5. The quantitative estimate of drug-likeness (QED) is 0.861. The number of rotatable bonds is 6. The Bertz CT molecular complexity index is 696. The van der Waals surface area contributed by atoms with Crippen molar-refractivity contribution in [1.82, 2.24) is 9.88 Å². The molecule has 0 fully saturated rings. The minimum Gasteiger partial charge on any atom is -0.480 e.